The topological polar surface area (TPSA) is 78.1 Å². The number of thiophene rings is 1. The number of aromatic amines is 1. The van der Waals surface area contributed by atoms with Crippen molar-refractivity contribution < 1.29 is 4.79 Å². The van der Waals surface area contributed by atoms with Gasteiger partial charge in [0.15, 0.2) is 0 Å². The van der Waals surface area contributed by atoms with Gasteiger partial charge in [0.2, 0.25) is 11.9 Å². The first-order valence-electron chi connectivity index (χ1n) is 10.9. The minimum Gasteiger partial charge on any atom is -0.352 e. The summed E-state index contributed by atoms with van der Waals surface area (Å²) in [6.45, 7) is 1.70. The Morgan fingerprint density at radius 1 is 1.21 bits per heavy atom. The van der Waals surface area contributed by atoms with Gasteiger partial charge in [-0.2, -0.15) is 0 Å². The van der Waals surface area contributed by atoms with Crippen LogP contribution in [-0.2, 0) is 11.3 Å². The van der Waals surface area contributed by atoms with Crippen molar-refractivity contribution >= 4 is 45.0 Å². The molecule has 0 saturated carbocycles. The summed E-state index contributed by atoms with van der Waals surface area (Å²) in [7, 11) is 0. The van der Waals surface area contributed by atoms with Crippen molar-refractivity contribution in [2.45, 2.75) is 19.4 Å². The fourth-order valence-corrected chi connectivity index (χ4v) is 5.37. The number of benzene rings is 2. The molecule has 3 heterocycles. The summed E-state index contributed by atoms with van der Waals surface area (Å²) in [5.74, 6) is 0.356. The van der Waals surface area contributed by atoms with Crippen LogP contribution in [0.15, 0.2) is 64.8 Å². The zero-order valence-electron chi connectivity index (χ0n) is 17.9. The van der Waals surface area contributed by atoms with Gasteiger partial charge in [0.25, 0.3) is 5.56 Å². The molecule has 168 valence electrons. The van der Waals surface area contributed by atoms with E-state index in [2.05, 4.69) is 10.3 Å². The molecule has 0 aliphatic carbocycles. The van der Waals surface area contributed by atoms with Crippen molar-refractivity contribution in [1.82, 2.24) is 15.3 Å². The number of carbonyl (C=O) groups is 1. The number of rotatable bonds is 5. The van der Waals surface area contributed by atoms with Gasteiger partial charge in [-0.15, -0.1) is 11.3 Å². The number of hydrogen-bond acceptors (Lipinski definition) is 5. The first-order valence-corrected chi connectivity index (χ1v) is 12.2. The predicted molar refractivity (Wildman–Crippen MR) is 134 cm³/mol. The first-order chi connectivity index (χ1) is 16.1. The van der Waals surface area contributed by atoms with Crippen molar-refractivity contribution in [2.75, 3.05) is 18.0 Å². The predicted octanol–water partition coefficient (Wildman–Crippen LogP) is 4.84. The molecular weight excluding hydrogens is 456 g/mol. The van der Waals surface area contributed by atoms with Crippen LogP contribution in [0.5, 0.6) is 0 Å². The second-order valence-electron chi connectivity index (χ2n) is 8.22. The number of aromatic nitrogens is 2. The molecule has 1 atom stereocenters. The lowest BCUT2D eigenvalue weighted by Crippen LogP contribution is -2.44. The van der Waals surface area contributed by atoms with Crippen LogP contribution < -0.4 is 15.8 Å². The Hall–Kier alpha value is -3.16. The number of nitrogens with zero attached hydrogens (tertiary/aromatic N) is 2. The molecule has 1 unspecified atom stereocenters. The van der Waals surface area contributed by atoms with Gasteiger partial charge in [-0.25, -0.2) is 4.98 Å². The molecule has 2 N–H and O–H groups in total. The van der Waals surface area contributed by atoms with E-state index >= 15 is 0 Å². The number of hydrogen-bond donors (Lipinski definition) is 2. The molecule has 0 bridgehead atoms. The zero-order valence-corrected chi connectivity index (χ0v) is 19.5. The van der Waals surface area contributed by atoms with Crippen molar-refractivity contribution in [2.24, 2.45) is 5.92 Å². The number of anilines is 1. The lowest BCUT2D eigenvalue weighted by Gasteiger charge is -2.32. The Kier molecular flexibility index (Phi) is 6.15. The zero-order chi connectivity index (χ0) is 22.8. The number of fused-ring (bicyclic) bond motifs is 1. The smallest absolute Gasteiger partial charge is 0.270 e. The summed E-state index contributed by atoms with van der Waals surface area (Å²) < 4.78 is 0.616. The van der Waals surface area contributed by atoms with Gasteiger partial charge in [0, 0.05) is 35.6 Å². The van der Waals surface area contributed by atoms with Crippen molar-refractivity contribution in [3.8, 4) is 11.1 Å². The monoisotopic (exact) mass is 478 g/mol. The van der Waals surface area contributed by atoms with Crippen LogP contribution in [-0.4, -0.2) is 29.0 Å². The van der Waals surface area contributed by atoms with Gasteiger partial charge < -0.3 is 10.2 Å². The molecule has 6 nitrogen and oxygen atoms in total. The van der Waals surface area contributed by atoms with Gasteiger partial charge >= 0.3 is 0 Å². The van der Waals surface area contributed by atoms with Crippen LogP contribution in [0, 0.1) is 5.92 Å². The van der Waals surface area contributed by atoms with E-state index in [-0.39, 0.29) is 17.4 Å². The average molecular weight is 479 g/mol. The highest BCUT2D eigenvalue weighted by Gasteiger charge is 2.27. The van der Waals surface area contributed by atoms with Crippen LogP contribution in [0.3, 0.4) is 0 Å². The molecule has 0 radical (unpaired) electrons. The molecule has 4 aromatic rings. The highest BCUT2D eigenvalue weighted by Crippen LogP contribution is 2.32. The number of nitrogens with one attached hydrogen (secondary N) is 2. The Morgan fingerprint density at radius 2 is 2.06 bits per heavy atom. The molecule has 1 aliphatic heterocycles. The third kappa shape index (κ3) is 4.65. The Bertz CT molecular complexity index is 1350. The highest BCUT2D eigenvalue weighted by atomic mass is 35.5. The standard InChI is InChI=1S/C25H23ClN4O2S/c26-19-10-4-6-16(12-19)13-27-23(31)18-9-5-11-30(14-18)25-28-21-20(17-7-2-1-3-8-17)15-33-22(21)24(32)29-25/h1-4,6-8,10,12,15,18H,5,9,11,13-14H2,(H,27,31)(H,28,29,32). The van der Waals surface area contributed by atoms with Crippen molar-refractivity contribution in [1.29, 1.82) is 0 Å². The summed E-state index contributed by atoms with van der Waals surface area (Å²) in [6, 6.07) is 17.4. The van der Waals surface area contributed by atoms with E-state index in [1.165, 1.54) is 11.3 Å². The molecule has 2 aromatic heterocycles. The Labute approximate surface area is 200 Å². The first kappa shape index (κ1) is 21.7. The van der Waals surface area contributed by atoms with E-state index < -0.39 is 0 Å². The molecule has 1 amide bonds. The van der Waals surface area contributed by atoms with Gasteiger partial charge in [-0.1, -0.05) is 54.1 Å². The van der Waals surface area contributed by atoms with Gasteiger partial charge in [-0.3, -0.25) is 14.6 Å². The Morgan fingerprint density at radius 3 is 2.88 bits per heavy atom. The Balaban J connectivity index is 1.35. The number of halogens is 1. The quantitative estimate of drug-likeness (QED) is 0.430. The normalized spacial score (nSPS) is 16.2. The molecule has 1 saturated heterocycles. The van der Waals surface area contributed by atoms with E-state index in [0.29, 0.717) is 34.3 Å². The minimum atomic E-state index is -0.171. The summed E-state index contributed by atoms with van der Waals surface area (Å²) in [5.41, 5.74) is 3.51. The fraction of sp³-hybridized carbons (Fsp3) is 0.240. The molecule has 1 aliphatic rings. The number of amides is 1. The number of carbonyl (C=O) groups excluding carboxylic acids is 1. The van der Waals surface area contributed by atoms with Gasteiger partial charge in [-0.05, 0) is 36.1 Å². The lowest BCUT2D eigenvalue weighted by molar-refractivity contribution is -0.125. The summed E-state index contributed by atoms with van der Waals surface area (Å²) in [4.78, 5) is 35.4. The number of H-pyrrole nitrogens is 1. The van der Waals surface area contributed by atoms with Crippen LogP contribution in [0.4, 0.5) is 5.95 Å². The van der Waals surface area contributed by atoms with E-state index in [1.807, 2.05) is 64.9 Å². The van der Waals surface area contributed by atoms with Crippen LogP contribution in [0.25, 0.3) is 21.3 Å². The van der Waals surface area contributed by atoms with Crippen molar-refractivity contribution in [3.63, 3.8) is 0 Å². The highest BCUT2D eigenvalue weighted by molar-refractivity contribution is 7.17. The van der Waals surface area contributed by atoms with E-state index in [1.54, 1.807) is 0 Å². The summed E-state index contributed by atoms with van der Waals surface area (Å²) in [6.07, 6.45) is 1.66. The maximum atomic E-state index is 12.8. The molecule has 8 heteroatoms. The second-order valence-corrected chi connectivity index (χ2v) is 9.53. The van der Waals surface area contributed by atoms with Gasteiger partial charge in [0.1, 0.15) is 4.70 Å². The van der Waals surface area contributed by atoms with E-state index in [0.717, 1.165) is 36.1 Å². The lowest BCUT2D eigenvalue weighted by atomic mass is 9.97. The fourth-order valence-electron chi connectivity index (χ4n) is 4.25. The average Bonchev–Trinajstić information content (AvgIpc) is 3.28. The third-order valence-electron chi connectivity index (χ3n) is 5.95. The molecule has 2 aromatic carbocycles. The maximum absolute atomic E-state index is 12.8. The summed E-state index contributed by atoms with van der Waals surface area (Å²) in [5, 5.41) is 5.65. The van der Waals surface area contributed by atoms with Crippen LogP contribution in [0.2, 0.25) is 5.02 Å². The molecule has 1 fully saturated rings. The summed E-state index contributed by atoms with van der Waals surface area (Å²) >= 11 is 7.44. The largest absolute Gasteiger partial charge is 0.352 e. The number of piperidine rings is 1. The SMILES string of the molecule is O=C(NCc1cccc(Cl)c1)C1CCCN(c2nc3c(-c4ccccc4)csc3c(=O)[nH]2)C1. The molecular formula is C25H23ClN4O2S. The second kappa shape index (κ2) is 9.37. The minimum absolute atomic E-state index is 0.00334. The molecule has 0 spiro atoms. The van der Waals surface area contributed by atoms with E-state index in [9.17, 15) is 9.59 Å². The van der Waals surface area contributed by atoms with E-state index in [4.69, 9.17) is 16.6 Å². The molecule has 5 rings (SSSR count). The van der Waals surface area contributed by atoms with Gasteiger partial charge in [0.05, 0.1) is 11.4 Å². The molecule has 33 heavy (non-hydrogen) atoms. The van der Waals surface area contributed by atoms with Crippen molar-refractivity contribution in [3.05, 3.63) is 80.9 Å². The van der Waals surface area contributed by atoms with Crippen LogP contribution >= 0.6 is 22.9 Å². The third-order valence-corrected chi connectivity index (χ3v) is 7.15. The maximum Gasteiger partial charge on any atom is 0.270 e. The van der Waals surface area contributed by atoms with Crippen LogP contribution in [0.1, 0.15) is 18.4 Å².